The second-order valence-electron chi connectivity index (χ2n) is 4.62. The number of hydrogen-bond acceptors (Lipinski definition) is 3. The second kappa shape index (κ2) is 5.37. The maximum atomic E-state index is 3.69. The van der Waals surface area contributed by atoms with Gasteiger partial charge in [0, 0.05) is 15.5 Å². The molecule has 1 aromatic heterocycles. The maximum Gasteiger partial charge on any atom is 0.0524 e. The summed E-state index contributed by atoms with van der Waals surface area (Å²) in [5, 5.41) is 5.92. The maximum absolute atomic E-state index is 3.69. The van der Waals surface area contributed by atoms with Crippen molar-refractivity contribution in [3.63, 3.8) is 0 Å². The number of thiophene rings is 1. The zero-order chi connectivity index (χ0) is 12.4. The quantitative estimate of drug-likeness (QED) is 0.795. The molecule has 0 aliphatic heterocycles. The topological polar surface area (TPSA) is 12.0 Å². The monoisotopic (exact) mass is 275 g/mol. The SMILES string of the molecule is CSc1cccc(NC2CCCc3sccc32)c1. The Hall–Kier alpha value is -0.930. The van der Waals surface area contributed by atoms with Crippen molar-refractivity contribution in [3.05, 3.63) is 46.2 Å². The molecule has 0 amide bonds. The van der Waals surface area contributed by atoms with Gasteiger partial charge in [0.2, 0.25) is 0 Å². The standard InChI is InChI=1S/C15H17NS2/c1-17-12-5-2-4-11(10-12)16-14-6-3-7-15-13(14)8-9-18-15/h2,4-5,8-10,14,16H,3,6-7H2,1H3. The van der Waals surface area contributed by atoms with E-state index in [1.165, 1.54) is 35.4 Å². The van der Waals surface area contributed by atoms with Crippen LogP contribution in [0.15, 0.2) is 40.6 Å². The van der Waals surface area contributed by atoms with Gasteiger partial charge in [0.1, 0.15) is 0 Å². The summed E-state index contributed by atoms with van der Waals surface area (Å²) in [5.41, 5.74) is 2.76. The molecule has 94 valence electrons. The van der Waals surface area contributed by atoms with Crippen LogP contribution in [0.5, 0.6) is 0 Å². The lowest BCUT2D eigenvalue weighted by Gasteiger charge is -2.24. The minimum atomic E-state index is 0.497. The smallest absolute Gasteiger partial charge is 0.0524 e. The lowest BCUT2D eigenvalue weighted by Crippen LogP contribution is -2.15. The summed E-state index contributed by atoms with van der Waals surface area (Å²) in [7, 11) is 0. The van der Waals surface area contributed by atoms with Gasteiger partial charge >= 0.3 is 0 Å². The number of thioether (sulfide) groups is 1. The summed E-state index contributed by atoms with van der Waals surface area (Å²) in [6, 6.07) is 11.5. The van der Waals surface area contributed by atoms with Crippen LogP contribution < -0.4 is 5.32 Å². The Balaban J connectivity index is 1.81. The molecular formula is C15H17NS2. The number of hydrogen-bond donors (Lipinski definition) is 1. The average Bonchev–Trinajstić information content (AvgIpc) is 2.88. The summed E-state index contributed by atoms with van der Waals surface area (Å²) in [4.78, 5) is 2.89. The van der Waals surface area contributed by atoms with Crippen molar-refractivity contribution in [2.24, 2.45) is 0 Å². The molecule has 3 rings (SSSR count). The number of benzene rings is 1. The fourth-order valence-electron chi connectivity index (χ4n) is 2.55. The highest BCUT2D eigenvalue weighted by Gasteiger charge is 2.20. The van der Waals surface area contributed by atoms with E-state index < -0.39 is 0 Å². The molecule has 0 radical (unpaired) electrons. The lowest BCUT2D eigenvalue weighted by atomic mass is 9.94. The number of nitrogens with one attached hydrogen (secondary N) is 1. The van der Waals surface area contributed by atoms with Crippen molar-refractivity contribution in [2.45, 2.75) is 30.2 Å². The summed E-state index contributed by atoms with van der Waals surface area (Å²) in [5.74, 6) is 0. The molecule has 1 aliphatic carbocycles. The van der Waals surface area contributed by atoms with Gasteiger partial charge in [-0.3, -0.25) is 0 Å². The second-order valence-corrected chi connectivity index (χ2v) is 6.50. The Morgan fingerprint density at radius 3 is 3.17 bits per heavy atom. The van der Waals surface area contributed by atoms with Crippen molar-refractivity contribution in [1.82, 2.24) is 0 Å². The first-order valence-corrected chi connectivity index (χ1v) is 8.44. The summed E-state index contributed by atoms with van der Waals surface area (Å²) < 4.78 is 0. The van der Waals surface area contributed by atoms with E-state index in [9.17, 15) is 0 Å². The molecule has 0 bridgehead atoms. The van der Waals surface area contributed by atoms with Gasteiger partial charge in [0.05, 0.1) is 6.04 Å². The van der Waals surface area contributed by atoms with Gasteiger partial charge < -0.3 is 5.32 Å². The van der Waals surface area contributed by atoms with Crippen LogP contribution in [0.2, 0.25) is 0 Å². The molecular weight excluding hydrogens is 258 g/mol. The molecule has 18 heavy (non-hydrogen) atoms. The third kappa shape index (κ3) is 2.43. The third-order valence-electron chi connectivity index (χ3n) is 3.46. The Kier molecular flexibility index (Phi) is 3.62. The van der Waals surface area contributed by atoms with Crippen LogP contribution in [0.1, 0.15) is 29.3 Å². The highest BCUT2D eigenvalue weighted by molar-refractivity contribution is 7.98. The van der Waals surface area contributed by atoms with Gasteiger partial charge in [-0.2, -0.15) is 0 Å². The van der Waals surface area contributed by atoms with Gasteiger partial charge in [0.15, 0.2) is 0 Å². The van der Waals surface area contributed by atoms with E-state index in [0.717, 1.165) is 0 Å². The first-order valence-electron chi connectivity index (χ1n) is 6.33. The third-order valence-corrected chi connectivity index (χ3v) is 5.18. The molecule has 1 heterocycles. The van der Waals surface area contributed by atoms with Gasteiger partial charge in [0.25, 0.3) is 0 Å². The van der Waals surface area contributed by atoms with E-state index in [-0.39, 0.29) is 0 Å². The molecule has 0 fully saturated rings. The molecule has 0 saturated heterocycles. The van der Waals surface area contributed by atoms with Gasteiger partial charge in [-0.1, -0.05) is 6.07 Å². The molecule has 1 aromatic carbocycles. The summed E-state index contributed by atoms with van der Waals surface area (Å²) in [6.45, 7) is 0. The first kappa shape index (κ1) is 12.1. The van der Waals surface area contributed by atoms with E-state index in [1.807, 2.05) is 11.3 Å². The Morgan fingerprint density at radius 2 is 2.28 bits per heavy atom. The highest BCUT2D eigenvalue weighted by Crippen LogP contribution is 2.35. The summed E-state index contributed by atoms with van der Waals surface area (Å²) in [6.07, 6.45) is 5.92. The van der Waals surface area contributed by atoms with E-state index in [2.05, 4.69) is 47.3 Å². The van der Waals surface area contributed by atoms with Crippen molar-refractivity contribution >= 4 is 28.8 Å². The van der Waals surface area contributed by atoms with E-state index in [0.29, 0.717) is 6.04 Å². The van der Waals surface area contributed by atoms with Crippen LogP contribution in [0.3, 0.4) is 0 Å². The molecule has 0 saturated carbocycles. The normalized spacial score (nSPS) is 18.4. The van der Waals surface area contributed by atoms with Crippen molar-refractivity contribution in [1.29, 1.82) is 0 Å². The number of rotatable bonds is 3. The molecule has 3 heteroatoms. The van der Waals surface area contributed by atoms with Crippen LogP contribution in [0, 0.1) is 0 Å². The van der Waals surface area contributed by atoms with Crippen molar-refractivity contribution in [2.75, 3.05) is 11.6 Å². The average molecular weight is 275 g/mol. The molecule has 1 N–H and O–H groups in total. The molecule has 1 unspecified atom stereocenters. The predicted octanol–water partition coefficient (Wildman–Crippen LogP) is 4.96. The number of aryl methyl sites for hydroxylation is 1. The highest BCUT2D eigenvalue weighted by atomic mass is 32.2. The molecule has 1 atom stereocenters. The molecule has 0 spiro atoms. The zero-order valence-electron chi connectivity index (χ0n) is 10.5. The predicted molar refractivity (Wildman–Crippen MR) is 81.8 cm³/mol. The van der Waals surface area contributed by atoms with E-state index in [1.54, 1.807) is 16.6 Å². The number of fused-ring (bicyclic) bond motifs is 1. The largest absolute Gasteiger partial charge is 0.378 e. The van der Waals surface area contributed by atoms with Crippen molar-refractivity contribution < 1.29 is 0 Å². The zero-order valence-corrected chi connectivity index (χ0v) is 12.1. The fraction of sp³-hybridized carbons (Fsp3) is 0.333. The van der Waals surface area contributed by atoms with Crippen molar-refractivity contribution in [3.8, 4) is 0 Å². The lowest BCUT2D eigenvalue weighted by molar-refractivity contribution is 0.609. The molecule has 2 aromatic rings. The Morgan fingerprint density at radius 1 is 1.33 bits per heavy atom. The van der Waals surface area contributed by atoms with Gasteiger partial charge in [-0.05, 0) is 60.7 Å². The van der Waals surface area contributed by atoms with E-state index in [4.69, 9.17) is 0 Å². The minimum Gasteiger partial charge on any atom is -0.378 e. The van der Waals surface area contributed by atoms with E-state index >= 15 is 0 Å². The van der Waals surface area contributed by atoms with Gasteiger partial charge in [-0.25, -0.2) is 0 Å². The van der Waals surface area contributed by atoms with Crippen LogP contribution in [0.4, 0.5) is 5.69 Å². The van der Waals surface area contributed by atoms with Gasteiger partial charge in [-0.15, -0.1) is 23.1 Å². The fourth-order valence-corrected chi connectivity index (χ4v) is 4.00. The molecule has 1 aliphatic rings. The van der Waals surface area contributed by atoms with Crippen LogP contribution in [-0.4, -0.2) is 6.26 Å². The molecule has 1 nitrogen and oxygen atoms in total. The van der Waals surface area contributed by atoms with Crippen LogP contribution >= 0.6 is 23.1 Å². The summed E-state index contributed by atoms with van der Waals surface area (Å²) >= 11 is 3.70. The van der Waals surface area contributed by atoms with Crippen LogP contribution in [-0.2, 0) is 6.42 Å². The minimum absolute atomic E-state index is 0.497. The first-order chi connectivity index (χ1) is 8.86. The Labute approximate surface area is 117 Å². The number of anilines is 1. The Bertz CT molecular complexity index is 533. The van der Waals surface area contributed by atoms with Crippen LogP contribution in [0.25, 0.3) is 0 Å².